The van der Waals surface area contributed by atoms with E-state index < -0.39 is 0 Å². The van der Waals surface area contributed by atoms with Crippen LogP contribution in [0, 0.1) is 11.8 Å². The summed E-state index contributed by atoms with van der Waals surface area (Å²) in [6, 6.07) is 22.3. The highest BCUT2D eigenvalue weighted by Crippen LogP contribution is 2.48. The van der Waals surface area contributed by atoms with Crippen molar-refractivity contribution in [2.75, 3.05) is 0 Å². The van der Waals surface area contributed by atoms with Crippen molar-refractivity contribution in [3.05, 3.63) is 60.7 Å². The van der Waals surface area contributed by atoms with E-state index in [9.17, 15) is 0 Å². The van der Waals surface area contributed by atoms with Crippen molar-refractivity contribution in [3.63, 3.8) is 0 Å². The Morgan fingerprint density at radius 2 is 1.14 bits per heavy atom. The molecular weight excluding hydrogens is 283 g/mol. The Hall–Kier alpha value is -1.13. The van der Waals surface area contributed by atoms with Crippen molar-refractivity contribution in [2.24, 2.45) is 11.8 Å². The van der Waals surface area contributed by atoms with Gasteiger partial charge in [-0.15, -0.1) is 0 Å². The van der Waals surface area contributed by atoms with E-state index in [2.05, 4.69) is 88.4 Å². The van der Waals surface area contributed by atoms with Crippen molar-refractivity contribution in [1.82, 2.24) is 0 Å². The molecule has 0 N–H and O–H groups in total. The summed E-state index contributed by atoms with van der Waals surface area (Å²) in [5.74, 6) is 1.50. The molecule has 2 aromatic rings. The lowest BCUT2D eigenvalue weighted by Gasteiger charge is -2.37. The third-order valence-corrected chi connectivity index (χ3v) is 7.90. The van der Waals surface area contributed by atoms with Crippen LogP contribution in [0.4, 0.5) is 0 Å². The van der Waals surface area contributed by atoms with E-state index in [-0.39, 0.29) is 7.92 Å². The van der Waals surface area contributed by atoms with Gasteiger partial charge in [-0.1, -0.05) is 101 Å². The Morgan fingerprint density at radius 3 is 1.45 bits per heavy atom. The minimum absolute atomic E-state index is 0.305. The maximum Gasteiger partial charge on any atom is -0.00776 e. The molecule has 0 fully saturated rings. The maximum absolute atomic E-state index is 2.41. The third kappa shape index (κ3) is 3.99. The second-order valence-electron chi connectivity index (χ2n) is 6.35. The van der Waals surface area contributed by atoms with Crippen LogP contribution in [0.5, 0.6) is 0 Å². The van der Waals surface area contributed by atoms with Gasteiger partial charge in [0.2, 0.25) is 0 Å². The highest BCUT2D eigenvalue weighted by molar-refractivity contribution is 7.73. The monoisotopic (exact) mass is 312 g/mol. The zero-order valence-corrected chi connectivity index (χ0v) is 15.3. The van der Waals surface area contributed by atoms with E-state index in [0.29, 0.717) is 5.92 Å². The molecule has 0 aliphatic rings. The van der Waals surface area contributed by atoms with E-state index in [0.717, 1.165) is 11.6 Å². The van der Waals surface area contributed by atoms with E-state index >= 15 is 0 Å². The normalized spacial score (nSPS) is 13.0. The molecule has 0 aliphatic carbocycles. The molecule has 2 aromatic carbocycles. The van der Waals surface area contributed by atoms with Gasteiger partial charge < -0.3 is 0 Å². The highest BCUT2D eigenvalue weighted by Gasteiger charge is 2.32. The number of rotatable bonds is 7. The summed E-state index contributed by atoms with van der Waals surface area (Å²) in [5, 5.41) is 3.05. The quantitative estimate of drug-likeness (QED) is 0.585. The Kier molecular flexibility index (Phi) is 6.65. The number of hydrogen-bond donors (Lipinski definition) is 0. The van der Waals surface area contributed by atoms with Crippen LogP contribution in [0.2, 0.25) is 0 Å². The fourth-order valence-corrected chi connectivity index (χ4v) is 6.91. The third-order valence-electron chi connectivity index (χ3n) is 4.58. The molecule has 0 amide bonds. The van der Waals surface area contributed by atoms with Gasteiger partial charge >= 0.3 is 0 Å². The molecule has 0 aliphatic heterocycles. The molecule has 22 heavy (non-hydrogen) atoms. The van der Waals surface area contributed by atoms with Crippen LogP contribution >= 0.6 is 7.92 Å². The zero-order chi connectivity index (χ0) is 15.9. The predicted octanol–water partition coefficient (Wildman–Crippen LogP) is 5.58. The molecule has 0 aromatic heterocycles. The zero-order valence-electron chi connectivity index (χ0n) is 14.4. The standard InChI is InChI=1S/C21H29P/c1-5-18(6-2)21(17(3)4)22(19-13-9-7-10-14-19)20-15-11-8-12-16-20/h7-18,21H,5-6H2,1-4H3. The molecule has 0 bridgehead atoms. The van der Waals surface area contributed by atoms with Crippen LogP contribution in [0.1, 0.15) is 40.5 Å². The molecule has 0 saturated carbocycles. The van der Waals surface area contributed by atoms with E-state index in [1.54, 1.807) is 0 Å². The summed E-state index contributed by atoms with van der Waals surface area (Å²) in [6.45, 7) is 9.52. The first-order valence-corrected chi connectivity index (χ1v) is 9.99. The van der Waals surface area contributed by atoms with Gasteiger partial charge in [0, 0.05) is 0 Å². The molecule has 0 nitrogen and oxygen atoms in total. The first-order valence-electron chi connectivity index (χ1n) is 8.58. The molecule has 0 saturated heterocycles. The van der Waals surface area contributed by atoms with Crippen LogP contribution < -0.4 is 10.6 Å². The lowest BCUT2D eigenvalue weighted by atomic mass is 9.92. The SMILES string of the molecule is CCC(CC)C(C(C)C)P(c1ccccc1)c1ccccc1. The summed E-state index contributed by atoms with van der Waals surface area (Å²) in [4.78, 5) is 0. The first-order chi connectivity index (χ1) is 10.7. The van der Waals surface area contributed by atoms with E-state index in [1.165, 1.54) is 23.5 Å². The van der Waals surface area contributed by atoms with Crippen LogP contribution in [0.3, 0.4) is 0 Å². The van der Waals surface area contributed by atoms with Crippen LogP contribution in [-0.4, -0.2) is 5.66 Å². The van der Waals surface area contributed by atoms with E-state index in [1.807, 2.05) is 0 Å². The maximum atomic E-state index is 2.41. The fourth-order valence-electron chi connectivity index (χ4n) is 3.50. The van der Waals surface area contributed by atoms with Crippen LogP contribution in [-0.2, 0) is 0 Å². The Labute approximate surface area is 137 Å². The highest BCUT2D eigenvalue weighted by atomic mass is 31.1. The second kappa shape index (κ2) is 8.49. The summed E-state index contributed by atoms with van der Waals surface area (Å²) < 4.78 is 0. The van der Waals surface area contributed by atoms with Gasteiger partial charge in [0.1, 0.15) is 0 Å². The Bertz CT molecular complexity index is 489. The van der Waals surface area contributed by atoms with Gasteiger partial charge in [-0.3, -0.25) is 0 Å². The summed E-state index contributed by atoms with van der Waals surface area (Å²) in [5.41, 5.74) is 0.745. The van der Waals surface area contributed by atoms with Crippen LogP contribution in [0.25, 0.3) is 0 Å². The van der Waals surface area contributed by atoms with Crippen molar-refractivity contribution in [2.45, 2.75) is 46.2 Å². The molecule has 118 valence electrons. The van der Waals surface area contributed by atoms with Gasteiger partial charge in [0.05, 0.1) is 0 Å². The van der Waals surface area contributed by atoms with Crippen LogP contribution in [0.15, 0.2) is 60.7 Å². The molecule has 0 heterocycles. The molecule has 1 unspecified atom stereocenters. The molecular formula is C21H29P. The minimum Gasteiger partial charge on any atom is -0.0651 e. The molecule has 0 radical (unpaired) electrons. The smallest absolute Gasteiger partial charge is 0.00776 e. The average Bonchev–Trinajstić information content (AvgIpc) is 2.56. The molecule has 0 spiro atoms. The number of hydrogen-bond acceptors (Lipinski definition) is 0. The molecule has 2 rings (SSSR count). The lowest BCUT2D eigenvalue weighted by Crippen LogP contribution is -2.31. The van der Waals surface area contributed by atoms with Gasteiger partial charge in [-0.25, -0.2) is 0 Å². The Morgan fingerprint density at radius 1 is 0.727 bits per heavy atom. The van der Waals surface area contributed by atoms with Crippen molar-refractivity contribution in [1.29, 1.82) is 0 Å². The number of benzene rings is 2. The van der Waals surface area contributed by atoms with Gasteiger partial charge in [-0.2, -0.15) is 0 Å². The van der Waals surface area contributed by atoms with Gasteiger partial charge in [0.15, 0.2) is 0 Å². The molecule has 1 atom stereocenters. The van der Waals surface area contributed by atoms with Gasteiger partial charge in [-0.05, 0) is 36.0 Å². The Balaban J connectivity index is 2.51. The van der Waals surface area contributed by atoms with E-state index in [4.69, 9.17) is 0 Å². The first kappa shape index (κ1) is 17.2. The molecule has 1 heteroatoms. The second-order valence-corrected chi connectivity index (χ2v) is 8.72. The summed E-state index contributed by atoms with van der Waals surface area (Å²) >= 11 is 0. The summed E-state index contributed by atoms with van der Waals surface area (Å²) in [6.07, 6.45) is 2.55. The summed E-state index contributed by atoms with van der Waals surface area (Å²) in [7, 11) is -0.305. The minimum atomic E-state index is -0.305. The fraction of sp³-hybridized carbons (Fsp3) is 0.429. The lowest BCUT2D eigenvalue weighted by molar-refractivity contribution is 0.400. The average molecular weight is 312 g/mol. The van der Waals surface area contributed by atoms with Crippen molar-refractivity contribution in [3.8, 4) is 0 Å². The predicted molar refractivity (Wildman–Crippen MR) is 102 cm³/mol. The van der Waals surface area contributed by atoms with Crippen molar-refractivity contribution >= 4 is 18.5 Å². The largest absolute Gasteiger partial charge is 0.0651 e. The van der Waals surface area contributed by atoms with Gasteiger partial charge in [0.25, 0.3) is 0 Å². The topological polar surface area (TPSA) is 0 Å². The van der Waals surface area contributed by atoms with Crippen molar-refractivity contribution < 1.29 is 0 Å².